The van der Waals surface area contributed by atoms with Crippen molar-refractivity contribution in [3.8, 4) is 5.75 Å². The van der Waals surface area contributed by atoms with E-state index in [0.29, 0.717) is 37.8 Å². The lowest BCUT2D eigenvalue weighted by Gasteiger charge is -2.30. The van der Waals surface area contributed by atoms with E-state index in [1.807, 2.05) is 6.07 Å². The molecule has 1 aliphatic heterocycles. The molecule has 1 fully saturated rings. The van der Waals surface area contributed by atoms with Gasteiger partial charge in [-0.3, -0.25) is 0 Å². The molecule has 2 aliphatic rings. The molecule has 0 spiro atoms. The highest BCUT2D eigenvalue weighted by molar-refractivity contribution is 5.52. The Bertz CT molecular complexity index is 856. The number of benzene rings is 1. The number of hydrogen-bond donors (Lipinski definition) is 2. The van der Waals surface area contributed by atoms with Crippen LogP contribution in [-0.4, -0.2) is 41.1 Å². The van der Waals surface area contributed by atoms with Crippen LogP contribution in [0.2, 0.25) is 0 Å². The van der Waals surface area contributed by atoms with Crippen LogP contribution in [0.25, 0.3) is 0 Å². The zero-order valence-corrected chi connectivity index (χ0v) is 15.2. The molecular weight excluding hydrogens is 373 g/mol. The summed E-state index contributed by atoms with van der Waals surface area (Å²) in [7, 11) is 0. The minimum Gasteiger partial charge on any atom is -0.406 e. The summed E-state index contributed by atoms with van der Waals surface area (Å²) in [5.41, 5.74) is 1.81. The highest BCUT2D eigenvalue weighted by atomic mass is 19.4. The van der Waals surface area contributed by atoms with Crippen LogP contribution in [0.5, 0.6) is 5.75 Å². The Balaban J connectivity index is 1.54. The maximum absolute atomic E-state index is 12.4. The first-order valence-corrected chi connectivity index (χ1v) is 9.27. The fourth-order valence-electron chi connectivity index (χ4n) is 3.34. The molecule has 0 saturated heterocycles. The highest BCUT2D eigenvalue weighted by Crippen LogP contribution is 2.39. The maximum atomic E-state index is 12.4. The highest BCUT2D eigenvalue weighted by Gasteiger charge is 2.32. The van der Waals surface area contributed by atoms with Crippen molar-refractivity contribution in [1.82, 2.24) is 9.97 Å². The summed E-state index contributed by atoms with van der Waals surface area (Å²) in [4.78, 5) is 11.3. The van der Waals surface area contributed by atoms with E-state index < -0.39 is 6.36 Å². The van der Waals surface area contributed by atoms with E-state index in [1.165, 1.54) is 12.1 Å². The Morgan fingerprint density at radius 2 is 2.00 bits per heavy atom. The zero-order valence-electron chi connectivity index (χ0n) is 15.2. The molecule has 0 radical (unpaired) electrons. The molecule has 0 unspecified atom stereocenters. The first-order valence-electron chi connectivity index (χ1n) is 9.27. The normalized spacial score (nSPS) is 16.6. The van der Waals surface area contributed by atoms with Gasteiger partial charge >= 0.3 is 6.36 Å². The van der Waals surface area contributed by atoms with Crippen molar-refractivity contribution < 1.29 is 23.0 Å². The number of nitrogens with zero attached hydrogens (tertiary/aromatic N) is 3. The number of ether oxygens (including phenoxy) is 1. The van der Waals surface area contributed by atoms with Gasteiger partial charge in [-0.15, -0.1) is 13.2 Å². The summed E-state index contributed by atoms with van der Waals surface area (Å²) in [6.07, 6.45) is -1.93. The van der Waals surface area contributed by atoms with Gasteiger partial charge in [0.15, 0.2) is 0 Å². The summed E-state index contributed by atoms with van der Waals surface area (Å²) in [5.74, 6) is 2.47. The van der Waals surface area contributed by atoms with E-state index in [0.717, 1.165) is 35.6 Å². The largest absolute Gasteiger partial charge is 0.573 e. The second-order valence-corrected chi connectivity index (χ2v) is 7.04. The third-order valence-electron chi connectivity index (χ3n) is 4.84. The van der Waals surface area contributed by atoms with Crippen LogP contribution in [-0.2, 0) is 13.0 Å². The van der Waals surface area contributed by atoms with E-state index in [4.69, 9.17) is 10.1 Å². The van der Waals surface area contributed by atoms with E-state index in [2.05, 4.69) is 19.9 Å². The van der Waals surface area contributed by atoms with E-state index in [9.17, 15) is 13.2 Å². The molecule has 1 saturated carbocycles. The summed E-state index contributed by atoms with van der Waals surface area (Å²) < 4.78 is 41.3. The molecule has 9 heteroatoms. The van der Waals surface area contributed by atoms with Crippen LogP contribution in [0, 0.1) is 0 Å². The molecule has 2 N–H and O–H groups in total. The maximum Gasteiger partial charge on any atom is 0.573 e. The number of nitrogens with one attached hydrogen (secondary N) is 1. The molecule has 0 atom stereocenters. The molecular formula is C19H21F3N4O2. The summed E-state index contributed by atoms with van der Waals surface area (Å²) in [6.45, 7) is 1.62. The molecule has 2 heterocycles. The summed E-state index contributed by atoms with van der Waals surface area (Å²) >= 11 is 0. The number of halogens is 3. The Hall–Kier alpha value is -2.55. The number of fused-ring (bicyclic) bond motifs is 1. The van der Waals surface area contributed by atoms with Crippen molar-refractivity contribution >= 4 is 11.6 Å². The smallest absolute Gasteiger partial charge is 0.406 e. The Morgan fingerprint density at radius 3 is 2.71 bits per heavy atom. The van der Waals surface area contributed by atoms with Crippen LogP contribution in [0.15, 0.2) is 24.3 Å². The molecule has 28 heavy (non-hydrogen) atoms. The van der Waals surface area contributed by atoms with Gasteiger partial charge in [-0.2, -0.15) is 0 Å². The van der Waals surface area contributed by atoms with Gasteiger partial charge < -0.3 is 20.1 Å². The van der Waals surface area contributed by atoms with Crippen LogP contribution in [0.1, 0.15) is 35.7 Å². The SMILES string of the molecule is OCCNc1cc(N2CCc3cc(OC(F)(F)F)ccc3C2)nc(C2CC2)n1. The predicted octanol–water partition coefficient (Wildman–Crippen LogP) is 3.22. The minimum absolute atomic E-state index is 0.0114. The summed E-state index contributed by atoms with van der Waals surface area (Å²) in [5, 5.41) is 12.1. The molecule has 4 rings (SSSR count). The Kier molecular flexibility index (Phi) is 5.01. The average molecular weight is 394 g/mol. The lowest BCUT2D eigenvalue weighted by atomic mass is 9.99. The van der Waals surface area contributed by atoms with Gasteiger partial charge in [0.2, 0.25) is 0 Å². The van der Waals surface area contributed by atoms with Crippen molar-refractivity contribution in [2.75, 3.05) is 29.9 Å². The molecule has 0 bridgehead atoms. The monoisotopic (exact) mass is 394 g/mol. The van der Waals surface area contributed by atoms with E-state index in [-0.39, 0.29) is 12.4 Å². The molecule has 1 aliphatic carbocycles. The lowest BCUT2D eigenvalue weighted by Crippen LogP contribution is -2.31. The van der Waals surface area contributed by atoms with E-state index in [1.54, 1.807) is 6.07 Å². The van der Waals surface area contributed by atoms with Crippen molar-refractivity contribution in [3.05, 3.63) is 41.2 Å². The summed E-state index contributed by atoms with van der Waals surface area (Å²) in [6, 6.07) is 6.34. The van der Waals surface area contributed by atoms with Gasteiger partial charge in [0.05, 0.1) is 6.61 Å². The molecule has 2 aromatic rings. The van der Waals surface area contributed by atoms with Crippen molar-refractivity contribution in [2.24, 2.45) is 0 Å². The van der Waals surface area contributed by atoms with Crippen LogP contribution in [0.3, 0.4) is 0 Å². The van der Waals surface area contributed by atoms with Gasteiger partial charge in [0.25, 0.3) is 0 Å². The van der Waals surface area contributed by atoms with Crippen LogP contribution in [0.4, 0.5) is 24.8 Å². The number of alkyl halides is 3. The topological polar surface area (TPSA) is 70.5 Å². The van der Waals surface area contributed by atoms with Gasteiger partial charge in [0, 0.05) is 31.6 Å². The van der Waals surface area contributed by atoms with Crippen LogP contribution < -0.4 is 15.0 Å². The van der Waals surface area contributed by atoms with Gasteiger partial charge in [-0.25, -0.2) is 9.97 Å². The molecule has 150 valence electrons. The Labute approximate surface area is 160 Å². The van der Waals surface area contributed by atoms with Crippen molar-refractivity contribution in [3.63, 3.8) is 0 Å². The second-order valence-electron chi connectivity index (χ2n) is 7.04. The molecule has 1 aromatic heterocycles. The predicted molar refractivity (Wildman–Crippen MR) is 97.5 cm³/mol. The number of aromatic nitrogens is 2. The third-order valence-corrected chi connectivity index (χ3v) is 4.84. The molecule has 0 amide bonds. The van der Waals surface area contributed by atoms with Gasteiger partial charge in [-0.1, -0.05) is 6.07 Å². The first-order chi connectivity index (χ1) is 13.4. The molecule has 6 nitrogen and oxygen atoms in total. The number of rotatable bonds is 6. The standard InChI is InChI=1S/C19H21F3N4O2/c20-19(21,22)28-15-4-3-14-11-26(7-5-13(14)9-15)17-10-16(23-6-8-27)24-18(25-17)12-1-2-12/h3-4,9-10,12,27H,1-2,5-8,11H2,(H,23,24,25). The molecule has 1 aromatic carbocycles. The number of hydrogen-bond acceptors (Lipinski definition) is 6. The van der Waals surface area contributed by atoms with E-state index >= 15 is 0 Å². The number of anilines is 2. The minimum atomic E-state index is -4.69. The first kappa shape index (κ1) is 18.8. The van der Waals surface area contributed by atoms with Crippen molar-refractivity contribution in [2.45, 2.75) is 38.1 Å². The fraction of sp³-hybridized carbons (Fsp3) is 0.474. The zero-order chi connectivity index (χ0) is 19.7. The van der Waals surface area contributed by atoms with Crippen molar-refractivity contribution in [1.29, 1.82) is 0 Å². The van der Waals surface area contributed by atoms with Crippen LogP contribution >= 0.6 is 0 Å². The average Bonchev–Trinajstić information content (AvgIpc) is 3.50. The fourth-order valence-corrected chi connectivity index (χ4v) is 3.34. The quantitative estimate of drug-likeness (QED) is 0.784. The third kappa shape index (κ3) is 4.46. The van der Waals surface area contributed by atoms with Gasteiger partial charge in [0.1, 0.15) is 23.2 Å². The number of aliphatic hydroxyl groups excluding tert-OH is 1. The lowest BCUT2D eigenvalue weighted by molar-refractivity contribution is -0.274. The Morgan fingerprint density at radius 1 is 1.18 bits per heavy atom. The number of aliphatic hydroxyl groups is 1. The van der Waals surface area contributed by atoms with Gasteiger partial charge in [-0.05, 0) is 42.5 Å². The second kappa shape index (κ2) is 7.46.